The predicted molar refractivity (Wildman–Crippen MR) is 74.8 cm³/mol. The largest absolute Gasteiger partial charge is 0.496 e. The highest BCUT2D eigenvalue weighted by atomic mass is 16.5. The van der Waals surface area contributed by atoms with Gasteiger partial charge in [0.15, 0.2) is 0 Å². The molecule has 1 unspecified atom stereocenters. The van der Waals surface area contributed by atoms with E-state index in [1.807, 2.05) is 12.1 Å². The van der Waals surface area contributed by atoms with Crippen molar-refractivity contribution >= 4 is 5.97 Å². The lowest BCUT2D eigenvalue weighted by Crippen LogP contribution is -2.09. The van der Waals surface area contributed by atoms with Crippen molar-refractivity contribution in [3.63, 3.8) is 0 Å². The summed E-state index contributed by atoms with van der Waals surface area (Å²) < 4.78 is 5.38. The molecule has 1 fully saturated rings. The van der Waals surface area contributed by atoms with Crippen LogP contribution in [0.1, 0.15) is 56.1 Å². The minimum absolute atomic E-state index is 0.154. The lowest BCUT2D eigenvalue weighted by molar-refractivity contribution is -0.137. The Morgan fingerprint density at radius 2 is 2.11 bits per heavy atom. The second kappa shape index (κ2) is 5.64. The number of rotatable bonds is 6. The summed E-state index contributed by atoms with van der Waals surface area (Å²) in [6.07, 6.45) is 2.54. The van der Waals surface area contributed by atoms with Crippen LogP contribution in [0.4, 0.5) is 0 Å². The SMILES string of the molecule is COc1ccc(C(CC(=O)O)C2CC2)cc1C(C)C. The smallest absolute Gasteiger partial charge is 0.303 e. The Bertz CT molecular complexity index is 461. The summed E-state index contributed by atoms with van der Waals surface area (Å²) in [5.41, 5.74) is 2.31. The van der Waals surface area contributed by atoms with Gasteiger partial charge in [-0.05, 0) is 47.8 Å². The third-order valence-corrected chi connectivity index (χ3v) is 3.89. The summed E-state index contributed by atoms with van der Waals surface area (Å²) >= 11 is 0. The molecule has 3 nitrogen and oxygen atoms in total. The number of methoxy groups -OCH3 is 1. The van der Waals surface area contributed by atoms with Gasteiger partial charge in [-0.15, -0.1) is 0 Å². The molecule has 0 radical (unpaired) electrons. The van der Waals surface area contributed by atoms with Crippen molar-refractivity contribution in [3.8, 4) is 5.75 Å². The van der Waals surface area contributed by atoms with E-state index in [0.717, 1.165) is 29.7 Å². The Kier molecular flexibility index (Phi) is 4.13. The Hall–Kier alpha value is -1.51. The average Bonchev–Trinajstić information content (AvgIpc) is 3.19. The zero-order valence-electron chi connectivity index (χ0n) is 11.8. The molecule has 0 aromatic heterocycles. The molecule has 1 N–H and O–H groups in total. The Morgan fingerprint density at radius 1 is 1.42 bits per heavy atom. The topological polar surface area (TPSA) is 46.5 Å². The maximum atomic E-state index is 11.0. The molecule has 0 saturated heterocycles. The van der Waals surface area contributed by atoms with E-state index in [2.05, 4.69) is 19.9 Å². The zero-order chi connectivity index (χ0) is 14.0. The number of carbonyl (C=O) groups is 1. The van der Waals surface area contributed by atoms with E-state index in [1.54, 1.807) is 7.11 Å². The highest BCUT2D eigenvalue weighted by molar-refractivity contribution is 5.68. The van der Waals surface area contributed by atoms with E-state index in [1.165, 1.54) is 0 Å². The molecular weight excluding hydrogens is 240 g/mol. The molecule has 3 heteroatoms. The quantitative estimate of drug-likeness (QED) is 0.848. The number of hydrogen-bond donors (Lipinski definition) is 1. The standard InChI is InChI=1S/C16H22O3/c1-10(2)13-8-12(6-7-15(13)19-3)14(9-16(17)18)11-4-5-11/h6-8,10-11,14H,4-5,9H2,1-3H3,(H,17,18). The third-order valence-electron chi connectivity index (χ3n) is 3.89. The van der Waals surface area contributed by atoms with Gasteiger partial charge in [0.05, 0.1) is 13.5 Å². The van der Waals surface area contributed by atoms with Gasteiger partial charge in [0.1, 0.15) is 5.75 Å². The van der Waals surface area contributed by atoms with Gasteiger partial charge in [-0.25, -0.2) is 0 Å². The van der Waals surface area contributed by atoms with Crippen LogP contribution >= 0.6 is 0 Å². The molecule has 0 amide bonds. The number of aliphatic carboxylic acids is 1. The lowest BCUT2D eigenvalue weighted by Gasteiger charge is -2.19. The molecule has 0 spiro atoms. The summed E-state index contributed by atoms with van der Waals surface area (Å²) in [7, 11) is 1.68. The maximum absolute atomic E-state index is 11.0. The molecular formula is C16H22O3. The fourth-order valence-corrected chi connectivity index (χ4v) is 2.68. The number of benzene rings is 1. The molecule has 1 saturated carbocycles. The van der Waals surface area contributed by atoms with Gasteiger partial charge in [0.2, 0.25) is 0 Å². The van der Waals surface area contributed by atoms with Crippen molar-refractivity contribution in [1.82, 2.24) is 0 Å². The highest BCUT2D eigenvalue weighted by Crippen LogP contribution is 2.45. The van der Waals surface area contributed by atoms with Crippen molar-refractivity contribution in [3.05, 3.63) is 29.3 Å². The molecule has 19 heavy (non-hydrogen) atoms. The average molecular weight is 262 g/mol. The molecule has 1 aromatic carbocycles. The summed E-state index contributed by atoms with van der Waals surface area (Å²) in [5.74, 6) is 1.26. The Balaban J connectivity index is 2.31. The van der Waals surface area contributed by atoms with Gasteiger partial charge in [-0.3, -0.25) is 4.79 Å². The van der Waals surface area contributed by atoms with Gasteiger partial charge < -0.3 is 9.84 Å². The van der Waals surface area contributed by atoms with Crippen LogP contribution in [0.5, 0.6) is 5.75 Å². The van der Waals surface area contributed by atoms with Crippen molar-refractivity contribution in [2.45, 2.75) is 44.9 Å². The first-order chi connectivity index (χ1) is 9.02. The van der Waals surface area contributed by atoms with E-state index in [-0.39, 0.29) is 12.3 Å². The van der Waals surface area contributed by atoms with Crippen molar-refractivity contribution in [2.24, 2.45) is 5.92 Å². The first kappa shape index (κ1) is 13.9. The van der Waals surface area contributed by atoms with Crippen LogP contribution in [0.25, 0.3) is 0 Å². The van der Waals surface area contributed by atoms with E-state index >= 15 is 0 Å². The van der Waals surface area contributed by atoms with Crippen LogP contribution < -0.4 is 4.74 Å². The highest BCUT2D eigenvalue weighted by Gasteiger charge is 2.34. The molecule has 0 heterocycles. The maximum Gasteiger partial charge on any atom is 0.303 e. The van der Waals surface area contributed by atoms with Crippen molar-refractivity contribution < 1.29 is 14.6 Å². The van der Waals surface area contributed by atoms with Gasteiger partial charge in [-0.1, -0.05) is 26.0 Å². The minimum Gasteiger partial charge on any atom is -0.496 e. The van der Waals surface area contributed by atoms with E-state index in [9.17, 15) is 4.79 Å². The van der Waals surface area contributed by atoms with Gasteiger partial charge in [-0.2, -0.15) is 0 Å². The second-order valence-electron chi connectivity index (χ2n) is 5.70. The first-order valence-electron chi connectivity index (χ1n) is 6.92. The van der Waals surface area contributed by atoms with Crippen LogP contribution in [0.15, 0.2) is 18.2 Å². The van der Waals surface area contributed by atoms with Crippen LogP contribution in [-0.2, 0) is 4.79 Å². The molecule has 1 aliphatic carbocycles. The number of carboxylic acids is 1. The fraction of sp³-hybridized carbons (Fsp3) is 0.562. The van der Waals surface area contributed by atoms with E-state index in [0.29, 0.717) is 11.8 Å². The van der Waals surface area contributed by atoms with Crippen LogP contribution in [-0.4, -0.2) is 18.2 Å². The summed E-state index contributed by atoms with van der Waals surface area (Å²) in [6.45, 7) is 4.26. The number of carboxylic acid groups (broad SMARTS) is 1. The summed E-state index contributed by atoms with van der Waals surface area (Å²) in [4.78, 5) is 11.0. The summed E-state index contributed by atoms with van der Waals surface area (Å²) in [5, 5.41) is 9.08. The third kappa shape index (κ3) is 3.28. The lowest BCUT2D eigenvalue weighted by atomic mass is 9.88. The zero-order valence-corrected chi connectivity index (χ0v) is 11.8. The molecule has 0 aliphatic heterocycles. The van der Waals surface area contributed by atoms with Crippen molar-refractivity contribution in [2.75, 3.05) is 7.11 Å². The fourth-order valence-electron chi connectivity index (χ4n) is 2.68. The molecule has 2 rings (SSSR count). The molecule has 1 aliphatic rings. The molecule has 1 aromatic rings. The van der Waals surface area contributed by atoms with E-state index in [4.69, 9.17) is 9.84 Å². The molecule has 0 bridgehead atoms. The van der Waals surface area contributed by atoms with Gasteiger partial charge in [0, 0.05) is 0 Å². The summed E-state index contributed by atoms with van der Waals surface area (Å²) in [6, 6.07) is 6.13. The van der Waals surface area contributed by atoms with Crippen molar-refractivity contribution in [1.29, 1.82) is 0 Å². The van der Waals surface area contributed by atoms with E-state index < -0.39 is 5.97 Å². The van der Waals surface area contributed by atoms with Crippen LogP contribution in [0.2, 0.25) is 0 Å². The Labute approximate surface area is 114 Å². The van der Waals surface area contributed by atoms with Gasteiger partial charge >= 0.3 is 5.97 Å². The number of hydrogen-bond acceptors (Lipinski definition) is 2. The number of ether oxygens (including phenoxy) is 1. The van der Waals surface area contributed by atoms with Gasteiger partial charge in [0.25, 0.3) is 0 Å². The molecule has 1 atom stereocenters. The first-order valence-corrected chi connectivity index (χ1v) is 6.92. The van der Waals surface area contributed by atoms with Crippen LogP contribution in [0.3, 0.4) is 0 Å². The Morgan fingerprint density at radius 3 is 2.58 bits per heavy atom. The molecule has 104 valence electrons. The monoisotopic (exact) mass is 262 g/mol. The predicted octanol–water partition coefficient (Wildman–Crippen LogP) is 3.79. The minimum atomic E-state index is -0.709. The normalized spacial score (nSPS) is 16.4. The second-order valence-corrected chi connectivity index (χ2v) is 5.70. The van der Waals surface area contributed by atoms with Crippen LogP contribution in [0, 0.1) is 5.92 Å².